The van der Waals surface area contributed by atoms with Crippen LogP contribution in [0.5, 0.6) is 0 Å². The molecule has 164 valence electrons. The van der Waals surface area contributed by atoms with Crippen molar-refractivity contribution in [3.8, 4) is 0 Å². The van der Waals surface area contributed by atoms with Crippen molar-refractivity contribution in [2.24, 2.45) is 0 Å². The van der Waals surface area contributed by atoms with Crippen LogP contribution >= 0.6 is 0 Å². The van der Waals surface area contributed by atoms with Crippen LogP contribution in [0.15, 0.2) is 0 Å². The molecule has 0 aromatic rings. The molecule has 6 unspecified atom stereocenters. The molecule has 3 rings (SSSR count). The van der Waals surface area contributed by atoms with Gasteiger partial charge in [0.25, 0.3) is 0 Å². The van der Waals surface area contributed by atoms with Crippen molar-refractivity contribution in [2.75, 3.05) is 0 Å². The lowest BCUT2D eigenvalue weighted by Gasteiger charge is -2.43. The van der Waals surface area contributed by atoms with Gasteiger partial charge in [-0.15, -0.1) is 0 Å². The van der Waals surface area contributed by atoms with Crippen LogP contribution in [0.1, 0.15) is 20.8 Å². The second-order valence-corrected chi connectivity index (χ2v) is 6.63. The van der Waals surface area contributed by atoms with Crippen LogP contribution in [0.4, 0.5) is 0 Å². The summed E-state index contributed by atoms with van der Waals surface area (Å²) in [6.07, 6.45) is -14.9. The standard InChI is InChI=1S/C15H26O13/c1-4-7(16)24-10(19)14(22-4)28-13-6(3)23-15(11(20)26-13)27-12-5(2)21-8(17)9(18)25-12/h4-20H,1-3H3/t4?,5?,6?,7-,8-,9?,10?,11?,12+,13+,14+,15+/m0/s1. The summed E-state index contributed by atoms with van der Waals surface area (Å²) < 4.78 is 42.0. The molecule has 13 nitrogen and oxygen atoms in total. The first-order chi connectivity index (χ1) is 13.2. The highest BCUT2D eigenvalue weighted by Crippen LogP contribution is 2.28. The van der Waals surface area contributed by atoms with Crippen molar-refractivity contribution in [2.45, 2.75) is 95.7 Å². The third-order valence-corrected chi connectivity index (χ3v) is 4.29. The molecule has 0 aliphatic carbocycles. The minimum Gasteiger partial charge on any atom is -0.366 e. The molecule has 3 saturated heterocycles. The Morgan fingerprint density at radius 1 is 0.429 bits per heavy atom. The average Bonchev–Trinajstić information content (AvgIpc) is 2.61. The highest BCUT2D eigenvalue weighted by atomic mass is 16.9. The Kier molecular flexibility index (Phi) is 7.20. The van der Waals surface area contributed by atoms with Gasteiger partial charge in [-0.1, -0.05) is 0 Å². The zero-order chi connectivity index (χ0) is 20.6. The third kappa shape index (κ3) is 4.96. The van der Waals surface area contributed by atoms with E-state index < -0.39 is 74.9 Å². The van der Waals surface area contributed by atoms with Gasteiger partial charge in [0.1, 0.15) is 18.3 Å². The van der Waals surface area contributed by atoms with Crippen molar-refractivity contribution in [1.82, 2.24) is 0 Å². The van der Waals surface area contributed by atoms with Crippen LogP contribution < -0.4 is 0 Å². The smallest absolute Gasteiger partial charge is 0.212 e. The summed E-state index contributed by atoms with van der Waals surface area (Å²) >= 11 is 0. The van der Waals surface area contributed by atoms with Crippen LogP contribution in [0.25, 0.3) is 0 Å². The van der Waals surface area contributed by atoms with E-state index in [9.17, 15) is 25.5 Å². The Morgan fingerprint density at radius 2 is 0.857 bits per heavy atom. The van der Waals surface area contributed by atoms with Gasteiger partial charge in [-0.25, -0.2) is 0 Å². The first kappa shape index (κ1) is 22.2. The minimum absolute atomic E-state index is 0.763. The summed E-state index contributed by atoms with van der Waals surface area (Å²) in [6, 6.07) is 0. The van der Waals surface area contributed by atoms with Crippen LogP contribution in [-0.2, 0) is 37.9 Å². The van der Waals surface area contributed by atoms with Crippen LogP contribution in [-0.4, -0.2) is 100 Å². The highest BCUT2D eigenvalue weighted by Gasteiger charge is 2.45. The van der Waals surface area contributed by atoms with E-state index >= 15 is 0 Å². The third-order valence-electron chi connectivity index (χ3n) is 4.29. The number of hydrogen-bond acceptors (Lipinski definition) is 13. The van der Waals surface area contributed by atoms with Gasteiger partial charge in [0, 0.05) is 0 Å². The van der Waals surface area contributed by atoms with Gasteiger partial charge in [0.05, 0.1) is 0 Å². The predicted octanol–water partition coefficient (Wildman–Crippen LogP) is -2.78. The molecule has 0 aromatic carbocycles. The van der Waals surface area contributed by atoms with E-state index in [1.54, 1.807) is 6.92 Å². The Bertz CT molecular complexity index is 464. The Balaban J connectivity index is 1.54. The predicted molar refractivity (Wildman–Crippen MR) is 82.3 cm³/mol. The molecule has 0 bridgehead atoms. The lowest BCUT2D eigenvalue weighted by molar-refractivity contribution is -0.464. The topological polar surface area (TPSA) is 175 Å². The molecular weight excluding hydrogens is 388 g/mol. The molecule has 0 saturated carbocycles. The van der Waals surface area contributed by atoms with Crippen molar-refractivity contribution in [3.63, 3.8) is 0 Å². The molecule has 5 N–H and O–H groups in total. The van der Waals surface area contributed by atoms with E-state index in [4.69, 9.17) is 37.9 Å². The SMILES string of the molecule is CC1O[C@H](O)C(O)O[C@@H]1O[C@H]1OC(C)[C@@H](O[C@H]2OC(C)[C@@H](O)OC2O)OC1O. The summed E-state index contributed by atoms with van der Waals surface area (Å²) in [7, 11) is 0. The fourth-order valence-corrected chi connectivity index (χ4v) is 2.73. The van der Waals surface area contributed by atoms with Gasteiger partial charge in [-0.2, -0.15) is 0 Å². The second kappa shape index (κ2) is 9.09. The summed E-state index contributed by atoms with van der Waals surface area (Å²) in [5.41, 5.74) is 0. The van der Waals surface area contributed by atoms with E-state index in [1.807, 2.05) is 0 Å². The molecule has 3 heterocycles. The number of hydrogen-bond donors (Lipinski definition) is 5. The molecule has 3 fully saturated rings. The fourth-order valence-electron chi connectivity index (χ4n) is 2.73. The first-order valence-corrected chi connectivity index (χ1v) is 8.79. The van der Waals surface area contributed by atoms with E-state index in [0.29, 0.717) is 0 Å². The summed E-state index contributed by atoms with van der Waals surface area (Å²) in [5, 5.41) is 48.3. The van der Waals surface area contributed by atoms with Gasteiger partial charge < -0.3 is 63.4 Å². The van der Waals surface area contributed by atoms with Gasteiger partial charge >= 0.3 is 0 Å². The summed E-state index contributed by atoms with van der Waals surface area (Å²) in [5.74, 6) is 0. The zero-order valence-electron chi connectivity index (χ0n) is 15.4. The van der Waals surface area contributed by atoms with Crippen LogP contribution in [0.3, 0.4) is 0 Å². The van der Waals surface area contributed by atoms with Crippen molar-refractivity contribution < 1.29 is 63.4 Å². The lowest BCUT2D eigenvalue weighted by Crippen LogP contribution is -2.57. The summed E-state index contributed by atoms with van der Waals surface area (Å²) in [6.45, 7) is 4.61. The van der Waals surface area contributed by atoms with Crippen molar-refractivity contribution in [3.05, 3.63) is 0 Å². The number of ether oxygens (including phenoxy) is 8. The maximum atomic E-state index is 10.1. The largest absolute Gasteiger partial charge is 0.366 e. The number of aliphatic hydroxyl groups is 5. The summed E-state index contributed by atoms with van der Waals surface area (Å²) in [4.78, 5) is 0. The van der Waals surface area contributed by atoms with Crippen molar-refractivity contribution in [1.29, 1.82) is 0 Å². The van der Waals surface area contributed by atoms with Crippen LogP contribution in [0, 0.1) is 0 Å². The Labute approximate surface area is 160 Å². The second-order valence-electron chi connectivity index (χ2n) is 6.63. The van der Waals surface area contributed by atoms with Gasteiger partial charge in [0.15, 0.2) is 18.9 Å². The Morgan fingerprint density at radius 3 is 1.46 bits per heavy atom. The molecule has 0 radical (unpaired) electrons. The monoisotopic (exact) mass is 414 g/mol. The van der Waals surface area contributed by atoms with E-state index in [0.717, 1.165) is 0 Å². The van der Waals surface area contributed by atoms with Crippen LogP contribution in [0.2, 0.25) is 0 Å². The van der Waals surface area contributed by atoms with Crippen molar-refractivity contribution >= 4 is 0 Å². The minimum atomic E-state index is -1.63. The van der Waals surface area contributed by atoms with E-state index in [-0.39, 0.29) is 0 Å². The molecule has 0 amide bonds. The fraction of sp³-hybridized carbons (Fsp3) is 1.00. The normalized spacial score (nSPS) is 53.1. The maximum absolute atomic E-state index is 10.1. The molecule has 0 spiro atoms. The van der Waals surface area contributed by atoms with Gasteiger partial charge in [-0.3, -0.25) is 0 Å². The molecule has 28 heavy (non-hydrogen) atoms. The quantitative estimate of drug-likeness (QED) is 0.320. The molecule has 12 atom stereocenters. The molecule has 13 heteroatoms. The zero-order valence-corrected chi connectivity index (χ0v) is 15.4. The first-order valence-electron chi connectivity index (χ1n) is 8.79. The van der Waals surface area contributed by atoms with Gasteiger partial charge in [0.2, 0.25) is 37.7 Å². The molecule has 3 aliphatic rings. The van der Waals surface area contributed by atoms with E-state index in [1.165, 1.54) is 13.8 Å². The molecular formula is C15H26O13. The van der Waals surface area contributed by atoms with Gasteiger partial charge in [-0.05, 0) is 20.8 Å². The average molecular weight is 414 g/mol. The number of aliphatic hydroxyl groups excluding tert-OH is 5. The maximum Gasteiger partial charge on any atom is 0.212 e. The lowest BCUT2D eigenvalue weighted by atomic mass is 10.3. The highest BCUT2D eigenvalue weighted by molar-refractivity contribution is 4.73. The molecule has 0 aromatic heterocycles. The van der Waals surface area contributed by atoms with E-state index in [2.05, 4.69) is 0 Å². The molecule has 3 aliphatic heterocycles. The number of rotatable bonds is 4. The Hall–Kier alpha value is -0.520.